The summed E-state index contributed by atoms with van der Waals surface area (Å²) in [7, 11) is 0. The van der Waals surface area contributed by atoms with Crippen LogP contribution >= 0.6 is 0 Å². The van der Waals surface area contributed by atoms with Crippen molar-refractivity contribution in [3.05, 3.63) is 137 Å². The van der Waals surface area contributed by atoms with Crippen LogP contribution in [0.3, 0.4) is 0 Å². The van der Waals surface area contributed by atoms with Gasteiger partial charge in [-0.1, -0.05) is 36.4 Å². The molecule has 0 radical (unpaired) electrons. The summed E-state index contributed by atoms with van der Waals surface area (Å²) in [6.07, 6.45) is 6.81. The van der Waals surface area contributed by atoms with Crippen molar-refractivity contribution in [2.24, 2.45) is 0 Å². The summed E-state index contributed by atoms with van der Waals surface area (Å²) in [4.78, 5) is 52.8. The zero-order chi connectivity index (χ0) is 42.4. The monoisotopic (exact) mass is 782 g/mol. The van der Waals surface area contributed by atoms with Crippen molar-refractivity contribution >= 4 is 34.8 Å². The van der Waals surface area contributed by atoms with Gasteiger partial charge in [0.15, 0.2) is 0 Å². The standard InChI is InChI=1S/C17H18N2O.C16H13N3O.C15H15N3O/c1-10-7-8-18-11(2)15(10)12-5-6-13-14(9-12)19-16(20)17(13,3)4;1-16(2)13-4-3-11(6-14(13)19-15(16)20)12-5-10(7-17)8-18-9-12;1-9-16-7-6-12(17-9)10-4-5-11-13(8-10)18-14(19)15(11,2)3/h5-9H,1-4H3,(H,19,20);3-6,8-9H,1-2H3,(H,19,20);4-8H,1-3H3,(H,18,19). The lowest BCUT2D eigenvalue weighted by Crippen LogP contribution is -2.26. The molecule has 0 saturated carbocycles. The Hall–Kier alpha value is -7.06. The van der Waals surface area contributed by atoms with E-state index in [1.807, 2.05) is 110 Å². The second-order valence-electron chi connectivity index (χ2n) is 16.7. The van der Waals surface area contributed by atoms with Gasteiger partial charge in [0, 0.05) is 64.2 Å². The molecule has 6 aromatic rings. The van der Waals surface area contributed by atoms with E-state index < -0.39 is 16.2 Å². The molecule has 0 aliphatic carbocycles. The summed E-state index contributed by atoms with van der Waals surface area (Å²) in [6.45, 7) is 17.5. The van der Waals surface area contributed by atoms with Gasteiger partial charge in [-0.3, -0.25) is 24.4 Å². The maximum absolute atomic E-state index is 12.0. The van der Waals surface area contributed by atoms with Gasteiger partial charge < -0.3 is 16.0 Å². The van der Waals surface area contributed by atoms with Gasteiger partial charge in [-0.15, -0.1) is 0 Å². The highest BCUT2D eigenvalue weighted by molar-refractivity contribution is 6.07. The summed E-state index contributed by atoms with van der Waals surface area (Å²) in [6, 6.07) is 25.8. The van der Waals surface area contributed by atoms with Gasteiger partial charge in [0.2, 0.25) is 17.7 Å². The van der Waals surface area contributed by atoms with Gasteiger partial charge in [-0.25, -0.2) is 9.97 Å². The van der Waals surface area contributed by atoms with Gasteiger partial charge >= 0.3 is 0 Å². The number of hydrogen-bond donors (Lipinski definition) is 3. The maximum atomic E-state index is 12.0. The van der Waals surface area contributed by atoms with Crippen LogP contribution in [0.5, 0.6) is 0 Å². The predicted octanol–water partition coefficient (Wildman–Crippen LogP) is 9.13. The van der Waals surface area contributed by atoms with Crippen LogP contribution in [-0.4, -0.2) is 37.7 Å². The number of carbonyl (C=O) groups excluding carboxylic acids is 3. The first kappa shape index (κ1) is 40.1. The van der Waals surface area contributed by atoms with E-state index >= 15 is 0 Å². The van der Waals surface area contributed by atoms with Gasteiger partial charge in [-0.2, -0.15) is 5.26 Å². The van der Waals surface area contributed by atoms with Crippen LogP contribution in [0.15, 0.2) is 97.6 Å². The number of nitrogens with one attached hydrogen (secondary N) is 3. The lowest BCUT2D eigenvalue weighted by Gasteiger charge is -2.15. The molecule has 0 fully saturated rings. The van der Waals surface area contributed by atoms with E-state index in [-0.39, 0.29) is 17.7 Å². The van der Waals surface area contributed by atoms with Crippen molar-refractivity contribution < 1.29 is 14.4 Å². The van der Waals surface area contributed by atoms with Crippen molar-refractivity contribution in [3.8, 4) is 39.6 Å². The van der Waals surface area contributed by atoms with Crippen molar-refractivity contribution in [1.29, 1.82) is 5.26 Å². The van der Waals surface area contributed by atoms with E-state index in [9.17, 15) is 14.4 Å². The number of fused-ring (bicyclic) bond motifs is 3. The molecule has 3 amide bonds. The van der Waals surface area contributed by atoms with Crippen LogP contribution in [0.2, 0.25) is 0 Å². The van der Waals surface area contributed by atoms with Crippen LogP contribution in [-0.2, 0) is 30.6 Å². The maximum Gasteiger partial charge on any atom is 0.234 e. The normalized spacial score (nSPS) is 15.8. The van der Waals surface area contributed by atoms with Crippen molar-refractivity contribution in [2.75, 3.05) is 16.0 Å². The molecule has 3 aromatic heterocycles. The zero-order valence-electron chi connectivity index (χ0n) is 34.7. The molecule has 3 aliphatic rings. The summed E-state index contributed by atoms with van der Waals surface area (Å²) in [5.41, 5.74) is 12.9. The molecule has 11 nitrogen and oxygen atoms in total. The average molecular weight is 783 g/mol. The molecule has 0 spiro atoms. The van der Waals surface area contributed by atoms with Gasteiger partial charge in [0.25, 0.3) is 0 Å². The minimum absolute atomic E-state index is 0.00792. The zero-order valence-corrected chi connectivity index (χ0v) is 34.7. The number of rotatable bonds is 3. The Bertz CT molecular complexity index is 2720. The number of pyridine rings is 2. The fraction of sp³-hybridized carbons (Fsp3) is 0.250. The molecule has 3 aliphatic heterocycles. The molecular weight excluding hydrogens is 737 g/mol. The SMILES string of the molecule is CC1(C)C(=O)Nc2cc(-c3cncc(C#N)c3)ccc21.Cc1ccnc(C)c1-c1ccc2c(c1)NC(=O)C2(C)C.Cc1nccc(-c2ccc3c(c2)NC(=O)C3(C)C)n1. The molecule has 3 aromatic carbocycles. The largest absolute Gasteiger partial charge is 0.325 e. The Kier molecular flexibility index (Phi) is 10.2. The smallest absolute Gasteiger partial charge is 0.234 e. The van der Waals surface area contributed by atoms with Crippen LogP contribution in [0.4, 0.5) is 17.1 Å². The number of aryl methyl sites for hydroxylation is 3. The number of hydrogen-bond acceptors (Lipinski definition) is 8. The van der Waals surface area contributed by atoms with Gasteiger partial charge in [0.05, 0.1) is 27.5 Å². The summed E-state index contributed by atoms with van der Waals surface area (Å²) < 4.78 is 0. The fourth-order valence-electron chi connectivity index (χ4n) is 7.68. The number of nitrogens with zero attached hydrogens (tertiary/aromatic N) is 5. The highest BCUT2D eigenvalue weighted by Gasteiger charge is 2.40. The second-order valence-corrected chi connectivity index (χ2v) is 16.7. The highest BCUT2D eigenvalue weighted by Crippen LogP contribution is 2.42. The lowest BCUT2D eigenvalue weighted by atomic mass is 9.85. The Labute approximate surface area is 344 Å². The molecule has 0 atom stereocenters. The first-order chi connectivity index (χ1) is 27.9. The molecule has 3 N–H and O–H groups in total. The van der Waals surface area contributed by atoms with Crippen LogP contribution in [0, 0.1) is 32.1 Å². The van der Waals surface area contributed by atoms with E-state index in [2.05, 4.69) is 67.1 Å². The molecule has 0 saturated heterocycles. The minimum Gasteiger partial charge on any atom is -0.325 e. The van der Waals surface area contributed by atoms with Crippen LogP contribution < -0.4 is 16.0 Å². The first-order valence-electron chi connectivity index (χ1n) is 19.4. The summed E-state index contributed by atoms with van der Waals surface area (Å²) >= 11 is 0. The summed E-state index contributed by atoms with van der Waals surface area (Å²) in [5, 5.41) is 17.7. The Balaban J connectivity index is 0.000000134. The molecule has 6 heterocycles. The molecule has 9 rings (SSSR count). The second kappa shape index (κ2) is 15.0. The third-order valence-electron chi connectivity index (χ3n) is 11.4. The quantitative estimate of drug-likeness (QED) is 0.160. The number of amides is 3. The third kappa shape index (κ3) is 7.45. The number of aromatic nitrogens is 4. The average Bonchev–Trinajstić information content (AvgIpc) is 3.68. The van der Waals surface area contributed by atoms with E-state index in [1.54, 1.807) is 18.5 Å². The first-order valence-corrected chi connectivity index (χ1v) is 19.4. The van der Waals surface area contributed by atoms with Gasteiger partial charge in [-0.05, 0) is 132 Å². The highest BCUT2D eigenvalue weighted by atomic mass is 16.2. The Morgan fingerprint density at radius 3 is 1.58 bits per heavy atom. The van der Waals surface area contributed by atoms with Crippen LogP contribution in [0.25, 0.3) is 33.5 Å². The molecule has 296 valence electrons. The Morgan fingerprint density at radius 1 is 0.559 bits per heavy atom. The number of carbonyl (C=O) groups is 3. The van der Waals surface area contributed by atoms with E-state index in [0.717, 1.165) is 78.8 Å². The van der Waals surface area contributed by atoms with Crippen molar-refractivity contribution in [3.63, 3.8) is 0 Å². The molecule has 0 bridgehead atoms. The fourth-order valence-corrected chi connectivity index (χ4v) is 7.68. The van der Waals surface area contributed by atoms with Gasteiger partial charge in [0.1, 0.15) is 11.9 Å². The lowest BCUT2D eigenvalue weighted by molar-refractivity contribution is -0.120. The molecule has 59 heavy (non-hydrogen) atoms. The minimum atomic E-state index is -0.499. The molecular formula is C48H46N8O3. The third-order valence-corrected chi connectivity index (χ3v) is 11.4. The molecule has 11 heteroatoms. The predicted molar refractivity (Wildman–Crippen MR) is 231 cm³/mol. The van der Waals surface area contributed by atoms with E-state index in [1.165, 1.54) is 11.8 Å². The number of benzene rings is 3. The molecule has 0 unspecified atom stereocenters. The number of nitriles is 1. The van der Waals surface area contributed by atoms with Crippen molar-refractivity contribution in [1.82, 2.24) is 19.9 Å². The topological polar surface area (TPSA) is 163 Å². The van der Waals surface area contributed by atoms with E-state index in [0.29, 0.717) is 5.56 Å². The number of anilines is 3. The van der Waals surface area contributed by atoms with Crippen molar-refractivity contribution in [2.45, 2.75) is 78.6 Å². The Morgan fingerprint density at radius 2 is 1.05 bits per heavy atom. The summed E-state index contributed by atoms with van der Waals surface area (Å²) in [5.74, 6) is 0.846. The van der Waals surface area contributed by atoms with Crippen LogP contribution in [0.1, 0.15) is 80.9 Å². The van der Waals surface area contributed by atoms with E-state index in [4.69, 9.17) is 5.26 Å².